The van der Waals surface area contributed by atoms with Crippen LogP contribution in [0.25, 0.3) is 0 Å². The molecule has 0 amide bonds. The van der Waals surface area contributed by atoms with Gasteiger partial charge in [0.25, 0.3) is 0 Å². The standard InChI is InChI=1S/C16H14BrFO2/c1-10-6-15(18)4-3-12(10)9-20-16-11(2)5-14(17)7-13(16)8-19/h3-8H,9H2,1-2H3. The summed E-state index contributed by atoms with van der Waals surface area (Å²) in [5.41, 5.74) is 3.09. The molecule has 0 heterocycles. The van der Waals surface area contributed by atoms with Crippen molar-refractivity contribution in [2.75, 3.05) is 0 Å². The summed E-state index contributed by atoms with van der Waals surface area (Å²) in [5, 5.41) is 0. The largest absolute Gasteiger partial charge is 0.488 e. The number of benzene rings is 2. The van der Waals surface area contributed by atoms with Gasteiger partial charge in [0.15, 0.2) is 6.29 Å². The Morgan fingerprint density at radius 2 is 1.95 bits per heavy atom. The fourth-order valence-electron chi connectivity index (χ4n) is 2.01. The molecule has 0 saturated heterocycles. The number of rotatable bonds is 4. The molecule has 20 heavy (non-hydrogen) atoms. The Labute approximate surface area is 125 Å². The molecule has 0 N–H and O–H groups in total. The van der Waals surface area contributed by atoms with E-state index in [1.807, 2.05) is 19.9 Å². The molecule has 0 spiro atoms. The first-order chi connectivity index (χ1) is 9.51. The zero-order chi connectivity index (χ0) is 14.7. The van der Waals surface area contributed by atoms with Gasteiger partial charge in [0.2, 0.25) is 0 Å². The molecule has 0 radical (unpaired) electrons. The second-order valence-corrected chi connectivity index (χ2v) is 5.53. The lowest BCUT2D eigenvalue weighted by Crippen LogP contribution is -2.02. The highest BCUT2D eigenvalue weighted by Crippen LogP contribution is 2.28. The zero-order valence-corrected chi connectivity index (χ0v) is 12.8. The molecule has 0 aromatic heterocycles. The van der Waals surface area contributed by atoms with E-state index in [-0.39, 0.29) is 5.82 Å². The Hall–Kier alpha value is -1.68. The van der Waals surface area contributed by atoms with E-state index in [4.69, 9.17) is 4.74 Å². The molecule has 0 fully saturated rings. The molecule has 0 aliphatic heterocycles. The molecule has 0 aliphatic carbocycles. The van der Waals surface area contributed by atoms with Crippen LogP contribution in [0.15, 0.2) is 34.8 Å². The summed E-state index contributed by atoms with van der Waals surface area (Å²) in [6.45, 7) is 4.01. The predicted octanol–water partition coefficient (Wildman–Crippen LogP) is 4.60. The van der Waals surface area contributed by atoms with Crippen molar-refractivity contribution in [2.45, 2.75) is 20.5 Å². The molecule has 2 aromatic carbocycles. The summed E-state index contributed by atoms with van der Waals surface area (Å²) in [7, 11) is 0. The Morgan fingerprint density at radius 1 is 1.20 bits per heavy atom. The van der Waals surface area contributed by atoms with Crippen LogP contribution in [-0.2, 0) is 6.61 Å². The summed E-state index contributed by atoms with van der Waals surface area (Å²) < 4.78 is 19.6. The SMILES string of the molecule is Cc1cc(F)ccc1COc1c(C)cc(Br)cc1C=O. The van der Waals surface area contributed by atoms with Gasteiger partial charge in [0.1, 0.15) is 18.2 Å². The normalized spacial score (nSPS) is 10.4. The topological polar surface area (TPSA) is 26.3 Å². The summed E-state index contributed by atoms with van der Waals surface area (Å²) in [6, 6.07) is 8.17. The van der Waals surface area contributed by atoms with Gasteiger partial charge in [0, 0.05) is 4.47 Å². The monoisotopic (exact) mass is 336 g/mol. The average molecular weight is 337 g/mol. The number of ether oxygens (including phenoxy) is 1. The first-order valence-corrected chi connectivity index (χ1v) is 6.93. The highest BCUT2D eigenvalue weighted by molar-refractivity contribution is 9.10. The predicted molar refractivity (Wildman–Crippen MR) is 79.7 cm³/mol. The van der Waals surface area contributed by atoms with Crippen molar-refractivity contribution in [1.82, 2.24) is 0 Å². The fourth-order valence-corrected chi connectivity index (χ4v) is 2.60. The van der Waals surface area contributed by atoms with Crippen LogP contribution in [0.3, 0.4) is 0 Å². The maximum absolute atomic E-state index is 13.0. The van der Waals surface area contributed by atoms with Gasteiger partial charge < -0.3 is 4.74 Å². The fraction of sp³-hybridized carbons (Fsp3) is 0.188. The van der Waals surface area contributed by atoms with Crippen molar-refractivity contribution in [3.63, 3.8) is 0 Å². The second-order valence-electron chi connectivity index (χ2n) is 4.62. The van der Waals surface area contributed by atoms with Crippen LogP contribution in [-0.4, -0.2) is 6.29 Å². The Kier molecular flexibility index (Phi) is 4.55. The van der Waals surface area contributed by atoms with E-state index in [1.54, 1.807) is 12.1 Å². The van der Waals surface area contributed by atoms with Crippen molar-refractivity contribution >= 4 is 22.2 Å². The van der Waals surface area contributed by atoms with Gasteiger partial charge in [-0.1, -0.05) is 22.0 Å². The van der Waals surface area contributed by atoms with E-state index in [0.29, 0.717) is 17.9 Å². The number of carbonyl (C=O) groups is 1. The number of hydrogen-bond donors (Lipinski definition) is 0. The molecular weight excluding hydrogens is 323 g/mol. The maximum atomic E-state index is 13.0. The summed E-state index contributed by atoms with van der Waals surface area (Å²) in [5.74, 6) is 0.298. The molecule has 0 bridgehead atoms. The third-order valence-electron chi connectivity index (χ3n) is 3.07. The number of hydrogen-bond acceptors (Lipinski definition) is 2. The minimum absolute atomic E-state index is 0.264. The minimum Gasteiger partial charge on any atom is -0.488 e. The van der Waals surface area contributed by atoms with Gasteiger partial charge in [-0.25, -0.2) is 4.39 Å². The van der Waals surface area contributed by atoms with Crippen molar-refractivity contribution in [2.24, 2.45) is 0 Å². The molecule has 0 aliphatic rings. The molecular formula is C16H14BrFO2. The molecule has 4 heteroatoms. The lowest BCUT2D eigenvalue weighted by molar-refractivity contribution is 0.111. The molecule has 0 saturated carbocycles. The van der Waals surface area contributed by atoms with Gasteiger partial charge in [-0.3, -0.25) is 4.79 Å². The van der Waals surface area contributed by atoms with Crippen molar-refractivity contribution in [3.8, 4) is 5.75 Å². The van der Waals surface area contributed by atoms with Crippen LogP contribution < -0.4 is 4.74 Å². The first-order valence-electron chi connectivity index (χ1n) is 6.14. The van der Waals surface area contributed by atoms with Crippen LogP contribution in [0.1, 0.15) is 27.0 Å². The van der Waals surface area contributed by atoms with Crippen LogP contribution in [0.5, 0.6) is 5.75 Å². The lowest BCUT2D eigenvalue weighted by Gasteiger charge is -2.13. The molecule has 104 valence electrons. The summed E-state index contributed by atoms with van der Waals surface area (Å²) in [6.07, 6.45) is 0.768. The highest BCUT2D eigenvalue weighted by Gasteiger charge is 2.09. The van der Waals surface area contributed by atoms with Crippen molar-refractivity contribution < 1.29 is 13.9 Å². The molecule has 2 rings (SSSR count). The van der Waals surface area contributed by atoms with Gasteiger partial charge in [0.05, 0.1) is 5.56 Å². The van der Waals surface area contributed by atoms with Gasteiger partial charge >= 0.3 is 0 Å². The first kappa shape index (κ1) is 14.7. The highest BCUT2D eigenvalue weighted by atomic mass is 79.9. The Balaban J connectivity index is 2.25. The van der Waals surface area contributed by atoms with Crippen molar-refractivity contribution in [1.29, 1.82) is 0 Å². The number of aldehydes is 1. The third-order valence-corrected chi connectivity index (χ3v) is 3.53. The van der Waals surface area contributed by atoms with Crippen molar-refractivity contribution in [3.05, 3.63) is 62.9 Å². The molecule has 0 unspecified atom stereocenters. The van der Waals surface area contributed by atoms with Crippen LogP contribution >= 0.6 is 15.9 Å². The van der Waals surface area contributed by atoms with Crippen LogP contribution in [0.4, 0.5) is 4.39 Å². The van der Waals surface area contributed by atoms with E-state index in [1.165, 1.54) is 12.1 Å². The number of carbonyl (C=O) groups excluding carboxylic acids is 1. The second kappa shape index (κ2) is 6.18. The van der Waals surface area contributed by atoms with E-state index < -0.39 is 0 Å². The Bertz CT molecular complexity index is 653. The minimum atomic E-state index is -0.264. The van der Waals surface area contributed by atoms with E-state index >= 15 is 0 Å². The van der Waals surface area contributed by atoms with Crippen LogP contribution in [0.2, 0.25) is 0 Å². The zero-order valence-electron chi connectivity index (χ0n) is 11.2. The van der Waals surface area contributed by atoms with Gasteiger partial charge in [-0.05, 0) is 54.8 Å². The summed E-state index contributed by atoms with van der Waals surface area (Å²) >= 11 is 3.35. The quantitative estimate of drug-likeness (QED) is 0.763. The van der Waals surface area contributed by atoms with Crippen LogP contribution in [0, 0.1) is 19.7 Å². The number of halogens is 2. The third kappa shape index (κ3) is 3.25. The maximum Gasteiger partial charge on any atom is 0.153 e. The van der Waals surface area contributed by atoms with E-state index in [9.17, 15) is 9.18 Å². The molecule has 2 aromatic rings. The molecule has 0 atom stereocenters. The lowest BCUT2D eigenvalue weighted by atomic mass is 10.1. The van der Waals surface area contributed by atoms with E-state index in [2.05, 4.69) is 15.9 Å². The summed E-state index contributed by atoms with van der Waals surface area (Å²) in [4.78, 5) is 11.1. The van der Waals surface area contributed by atoms with Gasteiger partial charge in [-0.2, -0.15) is 0 Å². The average Bonchev–Trinajstić information content (AvgIpc) is 2.38. The smallest absolute Gasteiger partial charge is 0.153 e. The van der Waals surface area contributed by atoms with Gasteiger partial charge in [-0.15, -0.1) is 0 Å². The number of aryl methyl sites for hydroxylation is 2. The molecule has 2 nitrogen and oxygen atoms in total. The Morgan fingerprint density at radius 3 is 2.60 bits per heavy atom. The van der Waals surface area contributed by atoms with E-state index in [0.717, 1.165) is 27.4 Å².